The predicted molar refractivity (Wildman–Crippen MR) is 38.5 cm³/mol. The zero-order valence-corrected chi connectivity index (χ0v) is 5.97. The first-order valence-corrected chi connectivity index (χ1v) is 3.24. The molecule has 2 nitrogen and oxygen atoms in total. The minimum absolute atomic E-state index is 0.0643. The molecule has 0 saturated heterocycles. The highest BCUT2D eigenvalue weighted by Gasteiger charge is 2.06. The molecule has 1 rings (SSSR count). The number of hydrogen-bond acceptors (Lipinski definition) is 2. The van der Waals surface area contributed by atoms with E-state index in [1.807, 2.05) is 0 Å². The lowest BCUT2D eigenvalue weighted by Crippen LogP contribution is -2.25. The summed E-state index contributed by atoms with van der Waals surface area (Å²) in [5.41, 5.74) is 0.974. The van der Waals surface area contributed by atoms with E-state index in [2.05, 4.69) is 0 Å². The Labute approximate surface area is 59.8 Å². The Bertz CT molecular complexity index is 182. The lowest BCUT2D eigenvalue weighted by molar-refractivity contribution is 0.411. The molecule has 0 fully saturated rings. The summed E-state index contributed by atoms with van der Waals surface area (Å²) in [7, 11) is 1.75. The first-order chi connectivity index (χ1) is 4.70. The lowest BCUT2D eigenvalue weighted by Gasteiger charge is -2.17. The van der Waals surface area contributed by atoms with Crippen LogP contribution in [0.4, 0.5) is 4.39 Å². The molecule has 3 heteroatoms. The van der Waals surface area contributed by atoms with E-state index in [0.717, 1.165) is 5.70 Å². The van der Waals surface area contributed by atoms with Gasteiger partial charge in [-0.3, -0.25) is 0 Å². The van der Waals surface area contributed by atoms with Gasteiger partial charge in [0.1, 0.15) is 5.83 Å². The van der Waals surface area contributed by atoms with E-state index in [0.29, 0.717) is 12.8 Å². The number of nitrogens with zero attached hydrogens (tertiary/aromatic N) is 1. The summed E-state index contributed by atoms with van der Waals surface area (Å²) in [4.78, 5) is 0. The molecular weight excluding hydrogens is 131 g/mol. The van der Waals surface area contributed by atoms with E-state index in [-0.39, 0.29) is 5.83 Å². The van der Waals surface area contributed by atoms with Gasteiger partial charge in [-0.2, -0.15) is 0 Å². The Hall–Kier alpha value is -0.830. The molecule has 0 radical (unpaired) electrons. The fourth-order valence-corrected chi connectivity index (χ4v) is 0.895. The second-order valence-corrected chi connectivity index (χ2v) is 2.38. The summed E-state index contributed by atoms with van der Waals surface area (Å²) >= 11 is 0. The van der Waals surface area contributed by atoms with Crippen molar-refractivity contribution in [3.05, 3.63) is 23.7 Å². The number of hydrogen-bond donors (Lipinski definition) is 1. The van der Waals surface area contributed by atoms with Gasteiger partial charge in [-0.1, -0.05) is 0 Å². The van der Waals surface area contributed by atoms with E-state index in [1.54, 1.807) is 13.1 Å². The van der Waals surface area contributed by atoms with Gasteiger partial charge in [0.05, 0.1) is 0 Å². The number of rotatable bonds is 1. The molecule has 0 atom stereocenters. The van der Waals surface area contributed by atoms with Crippen molar-refractivity contribution in [3.8, 4) is 0 Å². The van der Waals surface area contributed by atoms with E-state index in [4.69, 9.17) is 5.84 Å². The summed E-state index contributed by atoms with van der Waals surface area (Å²) in [5, 5.41) is 1.52. The smallest absolute Gasteiger partial charge is 0.100 e. The van der Waals surface area contributed by atoms with Crippen LogP contribution in [0.25, 0.3) is 0 Å². The lowest BCUT2D eigenvalue weighted by atomic mass is 10.1. The zero-order valence-electron chi connectivity index (χ0n) is 5.97. The third-order valence-corrected chi connectivity index (χ3v) is 1.53. The first kappa shape index (κ1) is 7.28. The average Bonchev–Trinajstić information content (AvgIpc) is 1.88. The molecule has 1 aliphatic rings. The molecule has 0 heterocycles. The van der Waals surface area contributed by atoms with Crippen LogP contribution in [0, 0.1) is 0 Å². The van der Waals surface area contributed by atoms with Gasteiger partial charge in [0, 0.05) is 19.2 Å². The monoisotopic (exact) mass is 142 g/mol. The number of allylic oxidation sites excluding steroid dienone is 4. The fraction of sp³-hybridized carbons (Fsp3) is 0.429. The molecule has 0 aromatic heterocycles. The fourth-order valence-electron chi connectivity index (χ4n) is 0.895. The van der Waals surface area contributed by atoms with Gasteiger partial charge in [0.15, 0.2) is 0 Å². The summed E-state index contributed by atoms with van der Waals surface area (Å²) in [5.74, 6) is 5.36. The average molecular weight is 142 g/mol. The molecule has 0 amide bonds. The molecule has 2 N–H and O–H groups in total. The van der Waals surface area contributed by atoms with Crippen LogP contribution in [0.2, 0.25) is 0 Å². The maximum Gasteiger partial charge on any atom is 0.100 e. The minimum Gasteiger partial charge on any atom is -0.318 e. The summed E-state index contributed by atoms with van der Waals surface area (Å²) in [6.45, 7) is 0. The molecule has 0 aromatic carbocycles. The van der Waals surface area contributed by atoms with Gasteiger partial charge in [-0.05, 0) is 18.6 Å². The normalized spacial score (nSPS) is 17.9. The van der Waals surface area contributed by atoms with Gasteiger partial charge in [0.2, 0.25) is 0 Å². The summed E-state index contributed by atoms with van der Waals surface area (Å²) in [6, 6.07) is 0. The highest BCUT2D eigenvalue weighted by atomic mass is 19.1. The molecule has 0 aromatic rings. The van der Waals surface area contributed by atoms with Crippen LogP contribution in [0.15, 0.2) is 23.7 Å². The Balaban J connectivity index is 2.64. The SMILES string of the molecule is CN(N)C1=CC=C(F)CC1. The summed E-state index contributed by atoms with van der Waals surface area (Å²) < 4.78 is 12.4. The van der Waals surface area contributed by atoms with Crippen LogP contribution in [0.3, 0.4) is 0 Å². The number of halogens is 1. The van der Waals surface area contributed by atoms with Crippen molar-refractivity contribution in [2.24, 2.45) is 5.84 Å². The third-order valence-electron chi connectivity index (χ3n) is 1.53. The molecule has 0 saturated carbocycles. The Morgan fingerprint density at radius 1 is 1.50 bits per heavy atom. The van der Waals surface area contributed by atoms with Gasteiger partial charge < -0.3 is 5.01 Å². The maximum absolute atomic E-state index is 12.4. The molecule has 56 valence electrons. The number of nitrogens with two attached hydrogens (primary N) is 1. The molecular formula is C7H11FN2. The number of hydrazine groups is 1. The van der Waals surface area contributed by atoms with E-state index < -0.39 is 0 Å². The Kier molecular flexibility index (Phi) is 2.06. The van der Waals surface area contributed by atoms with Crippen molar-refractivity contribution in [1.29, 1.82) is 0 Å². The molecule has 0 aliphatic heterocycles. The van der Waals surface area contributed by atoms with E-state index in [1.165, 1.54) is 11.1 Å². The molecule has 0 bridgehead atoms. The van der Waals surface area contributed by atoms with E-state index >= 15 is 0 Å². The Morgan fingerprint density at radius 3 is 2.60 bits per heavy atom. The predicted octanol–water partition coefficient (Wildman–Crippen LogP) is 1.32. The van der Waals surface area contributed by atoms with Crippen molar-refractivity contribution in [2.45, 2.75) is 12.8 Å². The largest absolute Gasteiger partial charge is 0.318 e. The molecule has 0 unspecified atom stereocenters. The van der Waals surface area contributed by atoms with Crippen molar-refractivity contribution in [2.75, 3.05) is 7.05 Å². The quantitative estimate of drug-likeness (QED) is 0.442. The van der Waals surface area contributed by atoms with Gasteiger partial charge in [-0.15, -0.1) is 0 Å². The second kappa shape index (κ2) is 2.84. The van der Waals surface area contributed by atoms with Gasteiger partial charge >= 0.3 is 0 Å². The highest BCUT2D eigenvalue weighted by Crippen LogP contribution is 2.18. The van der Waals surface area contributed by atoms with Crippen LogP contribution in [0.5, 0.6) is 0 Å². The minimum atomic E-state index is -0.0643. The van der Waals surface area contributed by atoms with Crippen molar-refractivity contribution < 1.29 is 4.39 Å². The maximum atomic E-state index is 12.4. The zero-order chi connectivity index (χ0) is 7.56. The van der Waals surface area contributed by atoms with Crippen LogP contribution in [0.1, 0.15) is 12.8 Å². The molecule has 10 heavy (non-hydrogen) atoms. The molecule has 0 spiro atoms. The van der Waals surface area contributed by atoms with Crippen molar-refractivity contribution in [1.82, 2.24) is 5.01 Å². The van der Waals surface area contributed by atoms with Gasteiger partial charge in [-0.25, -0.2) is 10.2 Å². The molecule has 1 aliphatic carbocycles. The topological polar surface area (TPSA) is 29.3 Å². The third kappa shape index (κ3) is 1.57. The van der Waals surface area contributed by atoms with Crippen LogP contribution in [-0.4, -0.2) is 12.1 Å². The summed E-state index contributed by atoms with van der Waals surface area (Å²) in [6.07, 6.45) is 4.35. The van der Waals surface area contributed by atoms with Gasteiger partial charge in [0.25, 0.3) is 0 Å². The van der Waals surface area contributed by atoms with E-state index in [9.17, 15) is 4.39 Å². The van der Waals surface area contributed by atoms with Crippen molar-refractivity contribution >= 4 is 0 Å². The standard InChI is InChI=1S/C7H11FN2/c1-10(9)7-4-2-6(8)3-5-7/h2,4H,3,5,9H2,1H3. The highest BCUT2D eigenvalue weighted by molar-refractivity contribution is 5.18. The second-order valence-electron chi connectivity index (χ2n) is 2.38. The van der Waals surface area contributed by atoms with Crippen molar-refractivity contribution in [3.63, 3.8) is 0 Å². The van der Waals surface area contributed by atoms with Crippen LogP contribution >= 0.6 is 0 Å². The van der Waals surface area contributed by atoms with Crippen LogP contribution < -0.4 is 5.84 Å². The van der Waals surface area contributed by atoms with Crippen LogP contribution in [-0.2, 0) is 0 Å². The Morgan fingerprint density at radius 2 is 2.20 bits per heavy atom. The first-order valence-electron chi connectivity index (χ1n) is 3.24.